The number of likely N-dealkylation sites (tertiary alicyclic amines) is 1. The van der Waals surface area contributed by atoms with Crippen LogP contribution in [0.5, 0.6) is 0 Å². The van der Waals surface area contributed by atoms with Crippen molar-refractivity contribution in [2.24, 2.45) is 5.92 Å². The van der Waals surface area contributed by atoms with E-state index in [1.54, 1.807) is 23.2 Å². The Morgan fingerprint density at radius 1 is 1.06 bits per heavy atom. The van der Waals surface area contributed by atoms with Gasteiger partial charge in [-0.25, -0.2) is 14.4 Å². The number of aryl methyl sites for hydroxylation is 3. The average Bonchev–Trinajstić information content (AvgIpc) is 2.74. The molecule has 164 valence electrons. The zero-order valence-corrected chi connectivity index (χ0v) is 18.5. The van der Waals surface area contributed by atoms with Crippen molar-refractivity contribution in [3.8, 4) is 11.3 Å². The maximum absolute atomic E-state index is 14.9. The van der Waals surface area contributed by atoms with Gasteiger partial charge in [-0.2, -0.15) is 0 Å². The zero-order valence-electron chi connectivity index (χ0n) is 18.5. The van der Waals surface area contributed by atoms with E-state index in [0.29, 0.717) is 36.2 Å². The lowest BCUT2D eigenvalue weighted by Gasteiger charge is -2.53. The SMILES string of the molecule is Cc1ccc(-c2cccc(F)c2C(=O)N2CC[C@H]3CN(c4nc(C)cc(C)n4)[C@H]3C2)nc1. The van der Waals surface area contributed by atoms with Crippen molar-refractivity contribution in [1.29, 1.82) is 0 Å². The summed E-state index contributed by atoms with van der Waals surface area (Å²) in [5.41, 5.74) is 4.10. The fourth-order valence-corrected chi connectivity index (χ4v) is 4.79. The molecule has 0 unspecified atom stereocenters. The van der Waals surface area contributed by atoms with E-state index in [9.17, 15) is 9.18 Å². The molecule has 0 saturated carbocycles. The molecule has 0 spiro atoms. The van der Waals surface area contributed by atoms with E-state index < -0.39 is 5.82 Å². The first-order valence-corrected chi connectivity index (χ1v) is 11.0. The van der Waals surface area contributed by atoms with Crippen molar-refractivity contribution in [2.45, 2.75) is 33.2 Å². The molecular weight excluding hydrogens is 405 g/mol. The number of benzene rings is 1. The van der Waals surface area contributed by atoms with Gasteiger partial charge in [-0.3, -0.25) is 9.78 Å². The van der Waals surface area contributed by atoms with E-state index in [1.165, 1.54) is 6.07 Å². The quantitative estimate of drug-likeness (QED) is 0.628. The van der Waals surface area contributed by atoms with Crippen LogP contribution in [0.1, 0.15) is 33.7 Å². The summed E-state index contributed by atoms with van der Waals surface area (Å²) in [6, 6.07) is 10.6. The minimum atomic E-state index is -0.514. The van der Waals surface area contributed by atoms with Crippen molar-refractivity contribution < 1.29 is 9.18 Å². The molecule has 2 aliphatic rings. The minimum absolute atomic E-state index is 0.0934. The second-order valence-corrected chi connectivity index (χ2v) is 8.85. The molecule has 2 aromatic heterocycles. The number of aromatic nitrogens is 3. The molecule has 6 nitrogen and oxygen atoms in total. The van der Waals surface area contributed by atoms with E-state index in [0.717, 1.165) is 29.9 Å². The fourth-order valence-electron chi connectivity index (χ4n) is 4.79. The van der Waals surface area contributed by atoms with E-state index in [2.05, 4.69) is 19.9 Å². The van der Waals surface area contributed by atoms with Crippen LogP contribution in [0.15, 0.2) is 42.6 Å². The van der Waals surface area contributed by atoms with Crippen LogP contribution >= 0.6 is 0 Å². The third-order valence-corrected chi connectivity index (χ3v) is 6.48. The molecule has 2 fully saturated rings. The van der Waals surface area contributed by atoms with Crippen LogP contribution in [0.2, 0.25) is 0 Å². The third kappa shape index (κ3) is 3.61. The molecule has 1 amide bonds. The Kier molecular flexibility index (Phi) is 5.12. The number of fused-ring (bicyclic) bond motifs is 1. The molecule has 1 aromatic carbocycles. The second kappa shape index (κ2) is 7.97. The standard InChI is InChI=1S/C25H26FN5O/c1-15-7-8-21(27-12-15)19-5-4-6-20(26)23(19)24(32)30-10-9-18-13-31(22(18)14-30)25-28-16(2)11-17(3)29-25/h4-8,11-12,18,22H,9-10,13-14H2,1-3H3/t18-,22-/m0/s1. The van der Waals surface area contributed by atoms with Crippen LogP contribution in [0, 0.1) is 32.5 Å². The lowest BCUT2D eigenvalue weighted by molar-refractivity contribution is 0.0585. The first-order chi connectivity index (χ1) is 15.4. The normalized spacial score (nSPS) is 20.0. The number of carbonyl (C=O) groups excluding carboxylic acids is 1. The molecule has 2 aliphatic heterocycles. The van der Waals surface area contributed by atoms with E-state index in [-0.39, 0.29) is 17.5 Å². The van der Waals surface area contributed by atoms with E-state index >= 15 is 0 Å². The van der Waals surface area contributed by atoms with Gasteiger partial charge in [-0.05, 0) is 51.0 Å². The number of piperidine rings is 1. The summed E-state index contributed by atoms with van der Waals surface area (Å²) in [4.78, 5) is 31.1. The predicted octanol–water partition coefficient (Wildman–Crippen LogP) is 3.95. The third-order valence-electron chi connectivity index (χ3n) is 6.48. The van der Waals surface area contributed by atoms with Crippen molar-refractivity contribution in [2.75, 3.05) is 24.5 Å². The highest BCUT2D eigenvalue weighted by atomic mass is 19.1. The molecule has 7 heteroatoms. The molecule has 0 aliphatic carbocycles. The molecule has 3 aromatic rings. The Bertz CT molecular complexity index is 1160. The Morgan fingerprint density at radius 3 is 2.56 bits per heavy atom. The highest BCUT2D eigenvalue weighted by Gasteiger charge is 2.45. The van der Waals surface area contributed by atoms with Crippen molar-refractivity contribution in [3.05, 3.63) is 70.9 Å². The first kappa shape index (κ1) is 20.5. The van der Waals surface area contributed by atoms with Crippen molar-refractivity contribution >= 4 is 11.9 Å². The molecule has 0 radical (unpaired) electrons. The summed E-state index contributed by atoms with van der Waals surface area (Å²) in [6.07, 6.45) is 2.63. The summed E-state index contributed by atoms with van der Waals surface area (Å²) in [5, 5.41) is 0. The summed E-state index contributed by atoms with van der Waals surface area (Å²) < 4.78 is 14.9. The van der Waals surface area contributed by atoms with Gasteiger partial charge in [0, 0.05) is 48.7 Å². The number of anilines is 1. The van der Waals surface area contributed by atoms with Gasteiger partial charge in [0.05, 0.1) is 17.3 Å². The number of halogens is 1. The lowest BCUT2D eigenvalue weighted by Crippen LogP contribution is -2.65. The van der Waals surface area contributed by atoms with Gasteiger partial charge in [0.1, 0.15) is 5.82 Å². The maximum atomic E-state index is 14.9. The van der Waals surface area contributed by atoms with Gasteiger partial charge in [-0.15, -0.1) is 0 Å². The summed E-state index contributed by atoms with van der Waals surface area (Å²) in [6.45, 7) is 7.93. The Morgan fingerprint density at radius 2 is 1.84 bits per heavy atom. The van der Waals surface area contributed by atoms with Crippen molar-refractivity contribution in [1.82, 2.24) is 19.9 Å². The van der Waals surface area contributed by atoms with Gasteiger partial charge < -0.3 is 9.80 Å². The maximum Gasteiger partial charge on any atom is 0.257 e. The van der Waals surface area contributed by atoms with Gasteiger partial charge in [-0.1, -0.05) is 18.2 Å². The van der Waals surface area contributed by atoms with Crippen LogP contribution in [0.25, 0.3) is 11.3 Å². The predicted molar refractivity (Wildman–Crippen MR) is 121 cm³/mol. The van der Waals surface area contributed by atoms with Crippen LogP contribution < -0.4 is 4.90 Å². The van der Waals surface area contributed by atoms with Gasteiger partial charge in [0.2, 0.25) is 5.95 Å². The molecule has 2 atom stereocenters. The number of amides is 1. The number of rotatable bonds is 3. The lowest BCUT2D eigenvalue weighted by atomic mass is 9.82. The molecule has 0 N–H and O–H groups in total. The monoisotopic (exact) mass is 431 g/mol. The molecular formula is C25H26FN5O. The summed E-state index contributed by atoms with van der Waals surface area (Å²) in [7, 11) is 0. The fraction of sp³-hybridized carbons (Fsp3) is 0.360. The van der Waals surface area contributed by atoms with Crippen LogP contribution in [0.3, 0.4) is 0 Å². The second-order valence-electron chi connectivity index (χ2n) is 8.85. The minimum Gasteiger partial charge on any atom is -0.336 e. The number of hydrogen-bond acceptors (Lipinski definition) is 5. The Balaban J connectivity index is 1.42. The van der Waals surface area contributed by atoms with E-state index in [4.69, 9.17) is 0 Å². The molecule has 5 rings (SSSR count). The number of nitrogens with zero attached hydrogens (tertiary/aromatic N) is 5. The molecule has 0 bridgehead atoms. The highest BCUT2D eigenvalue weighted by molar-refractivity contribution is 6.01. The van der Waals surface area contributed by atoms with Gasteiger partial charge >= 0.3 is 0 Å². The highest BCUT2D eigenvalue weighted by Crippen LogP contribution is 2.36. The number of hydrogen-bond donors (Lipinski definition) is 0. The summed E-state index contributed by atoms with van der Waals surface area (Å²) in [5.74, 6) is 0.419. The largest absolute Gasteiger partial charge is 0.336 e. The number of carbonyl (C=O) groups is 1. The van der Waals surface area contributed by atoms with Crippen LogP contribution in [-0.2, 0) is 0 Å². The Labute approximate surface area is 187 Å². The molecule has 32 heavy (non-hydrogen) atoms. The van der Waals surface area contributed by atoms with Crippen LogP contribution in [-0.4, -0.2) is 51.4 Å². The van der Waals surface area contributed by atoms with Crippen LogP contribution in [0.4, 0.5) is 10.3 Å². The molecule has 2 saturated heterocycles. The first-order valence-electron chi connectivity index (χ1n) is 11.0. The van der Waals surface area contributed by atoms with Gasteiger partial charge in [0.15, 0.2) is 0 Å². The smallest absolute Gasteiger partial charge is 0.257 e. The topological polar surface area (TPSA) is 62.2 Å². The average molecular weight is 432 g/mol. The number of pyridine rings is 1. The molecule has 4 heterocycles. The Hall–Kier alpha value is -3.35. The van der Waals surface area contributed by atoms with E-state index in [1.807, 2.05) is 39.0 Å². The van der Waals surface area contributed by atoms with Gasteiger partial charge in [0.25, 0.3) is 5.91 Å². The van der Waals surface area contributed by atoms with Crippen molar-refractivity contribution in [3.63, 3.8) is 0 Å². The summed E-state index contributed by atoms with van der Waals surface area (Å²) >= 11 is 0. The zero-order chi connectivity index (χ0) is 22.4.